The van der Waals surface area contributed by atoms with Crippen molar-refractivity contribution in [2.45, 2.75) is 50.6 Å². The Morgan fingerprint density at radius 1 is 1.26 bits per heavy atom. The zero-order chi connectivity index (χ0) is 17.3. The highest BCUT2D eigenvalue weighted by Crippen LogP contribution is 2.17. The van der Waals surface area contributed by atoms with E-state index in [0.717, 1.165) is 38.4 Å². The Morgan fingerprint density at radius 2 is 1.91 bits per heavy atom. The van der Waals surface area contributed by atoms with Crippen LogP contribution in [0.4, 0.5) is 4.79 Å². The second-order valence-electron chi connectivity index (χ2n) is 5.80. The summed E-state index contributed by atoms with van der Waals surface area (Å²) in [6, 6.07) is 0.217. The van der Waals surface area contributed by atoms with Crippen molar-refractivity contribution in [2.75, 3.05) is 18.6 Å². The zero-order valence-electron chi connectivity index (χ0n) is 13.3. The minimum Gasteiger partial charge on any atom is -0.353 e. The Hall–Kier alpha value is -1.82. The molecule has 0 aromatic rings. The third-order valence-corrected chi connectivity index (χ3v) is 4.51. The molecule has 3 N–H and O–H groups in total. The number of carbonyl (C=O) groups excluding carboxylic acids is 2. The number of nitrogens with one attached hydrogen (secondary N) is 3. The molecular weight excluding hydrogens is 320 g/mol. The lowest BCUT2D eigenvalue weighted by Crippen LogP contribution is -2.54. The van der Waals surface area contributed by atoms with Crippen molar-refractivity contribution in [1.82, 2.24) is 16.0 Å². The predicted molar refractivity (Wildman–Crippen MR) is 85.3 cm³/mol. The number of nitriles is 1. The Bertz CT molecular complexity index is 550. The summed E-state index contributed by atoms with van der Waals surface area (Å²) in [5.74, 6) is -1.09. The van der Waals surface area contributed by atoms with Crippen molar-refractivity contribution < 1.29 is 18.0 Å². The summed E-state index contributed by atoms with van der Waals surface area (Å²) in [7, 11) is -3.45. The fourth-order valence-electron chi connectivity index (χ4n) is 2.48. The molecule has 0 aliphatic heterocycles. The summed E-state index contributed by atoms with van der Waals surface area (Å²) in [5.41, 5.74) is 0. The summed E-state index contributed by atoms with van der Waals surface area (Å²) in [4.78, 5) is 24.0. The van der Waals surface area contributed by atoms with Crippen molar-refractivity contribution >= 4 is 21.8 Å². The molecule has 0 radical (unpaired) electrons. The first kappa shape index (κ1) is 19.2. The number of sulfone groups is 1. The lowest BCUT2D eigenvalue weighted by molar-refractivity contribution is -0.122. The van der Waals surface area contributed by atoms with Gasteiger partial charge < -0.3 is 16.0 Å². The molecule has 0 aromatic heterocycles. The lowest BCUT2D eigenvalue weighted by atomic mass is 9.96. The molecule has 9 heteroatoms. The lowest BCUT2D eigenvalue weighted by Gasteiger charge is -2.24. The summed E-state index contributed by atoms with van der Waals surface area (Å²) < 4.78 is 22.9. The van der Waals surface area contributed by atoms with Crippen LogP contribution >= 0.6 is 0 Å². The van der Waals surface area contributed by atoms with Crippen LogP contribution in [0.25, 0.3) is 0 Å². The predicted octanol–water partition coefficient (Wildman–Crippen LogP) is 0.0614. The Morgan fingerprint density at radius 3 is 2.48 bits per heavy atom. The van der Waals surface area contributed by atoms with Crippen molar-refractivity contribution in [1.29, 1.82) is 5.26 Å². The third-order valence-electron chi connectivity index (χ3n) is 3.57. The molecule has 1 rings (SSSR count). The average Bonchev–Trinajstić information content (AvgIpc) is 2.46. The SMILES string of the molecule is CS(=O)(=O)CC(NC(=O)NC1CCCCC1)C(=O)NCCC#N. The van der Waals surface area contributed by atoms with Gasteiger partial charge >= 0.3 is 6.03 Å². The molecule has 3 amide bonds. The van der Waals surface area contributed by atoms with E-state index in [-0.39, 0.29) is 19.0 Å². The molecule has 0 spiro atoms. The largest absolute Gasteiger partial charge is 0.353 e. The van der Waals surface area contributed by atoms with E-state index >= 15 is 0 Å². The summed E-state index contributed by atoms with van der Waals surface area (Å²) >= 11 is 0. The van der Waals surface area contributed by atoms with E-state index in [4.69, 9.17) is 5.26 Å². The van der Waals surface area contributed by atoms with Gasteiger partial charge in [-0.25, -0.2) is 13.2 Å². The molecule has 0 bridgehead atoms. The minimum atomic E-state index is -3.45. The molecule has 1 aliphatic rings. The van der Waals surface area contributed by atoms with Crippen LogP contribution in [0.2, 0.25) is 0 Å². The van der Waals surface area contributed by atoms with Crippen LogP contribution in [-0.2, 0) is 14.6 Å². The van der Waals surface area contributed by atoms with Gasteiger partial charge in [-0.3, -0.25) is 4.79 Å². The highest BCUT2D eigenvalue weighted by atomic mass is 32.2. The van der Waals surface area contributed by atoms with Gasteiger partial charge in [0.1, 0.15) is 15.9 Å². The van der Waals surface area contributed by atoms with Crippen molar-refractivity contribution in [3.8, 4) is 6.07 Å². The van der Waals surface area contributed by atoms with Crippen LogP contribution in [0.3, 0.4) is 0 Å². The molecule has 1 aliphatic carbocycles. The maximum atomic E-state index is 12.0. The van der Waals surface area contributed by atoms with E-state index in [1.165, 1.54) is 0 Å². The monoisotopic (exact) mass is 344 g/mol. The Labute approximate surface area is 136 Å². The molecule has 23 heavy (non-hydrogen) atoms. The minimum absolute atomic E-state index is 0.0595. The molecule has 0 aromatic carbocycles. The van der Waals surface area contributed by atoms with E-state index in [1.54, 1.807) is 0 Å². The van der Waals surface area contributed by atoms with Gasteiger partial charge in [0, 0.05) is 18.8 Å². The van der Waals surface area contributed by atoms with Gasteiger partial charge in [0.25, 0.3) is 0 Å². The smallest absolute Gasteiger partial charge is 0.315 e. The van der Waals surface area contributed by atoms with Crippen LogP contribution in [-0.4, -0.2) is 51.0 Å². The zero-order valence-corrected chi connectivity index (χ0v) is 14.1. The molecule has 1 fully saturated rings. The standard InChI is InChI=1S/C14H24N4O4S/c1-23(21,22)10-12(13(19)16-9-5-8-15)18-14(20)17-11-6-3-2-4-7-11/h11-12H,2-7,9-10H2,1H3,(H,16,19)(H2,17,18,20). The van der Waals surface area contributed by atoms with E-state index in [0.29, 0.717) is 0 Å². The van der Waals surface area contributed by atoms with E-state index in [1.807, 2.05) is 6.07 Å². The first-order chi connectivity index (χ1) is 10.8. The van der Waals surface area contributed by atoms with Gasteiger partial charge in [0.05, 0.1) is 18.2 Å². The summed E-state index contributed by atoms with van der Waals surface area (Å²) in [6.45, 7) is 0.113. The van der Waals surface area contributed by atoms with Crippen molar-refractivity contribution in [3.05, 3.63) is 0 Å². The number of nitrogens with zero attached hydrogens (tertiary/aromatic N) is 1. The van der Waals surface area contributed by atoms with E-state index in [2.05, 4.69) is 16.0 Å². The van der Waals surface area contributed by atoms with Crippen LogP contribution < -0.4 is 16.0 Å². The van der Waals surface area contributed by atoms with Crippen LogP contribution in [0.5, 0.6) is 0 Å². The molecule has 1 atom stereocenters. The van der Waals surface area contributed by atoms with Gasteiger partial charge in [0.2, 0.25) is 5.91 Å². The van der Waals surface area contributed by atoms with Crippen molar-refractivity contribution in [2.24, 2.45) is 0 Å². The molecule has 0 heterocycles. The number of hydrogen-bond donors (Lipinski definition) is 3. The maximum Gasteiger partial charge on any atom is 0.315 e. The number of hydrogen-bond acceptors (Lipinski definition) is 5. The number of carbonyl (C=O) groups is 2. The summed E-state index contributed by atoms with van der Waals surface area (Å²) in [6.07, 6.45) is 6.14. The Kier molecular flexibility index (Phi) is 7.81. The van der Waals surface area contributed by atoms with Crippen molar-refractivity contribution in [3.63, 3.8) is 0 Å². The first-order valence-corrected chi connectivity index (χ1v) is 9.77. The first-order valence-electron chi connectivity index (χ1n) is 7.71. The van der Waals surface area contributed by atoms with E-state index in [9.17, 15) is 18.0 Å². The number of amides is 3. The second kappa shape index (κ2) is 9.35. The molecule has 0 saturated heterocycles. The van der Waals surface area contributed by atoms with Crippen LogP contribution in [0, 0.1) is 11.3 Å². The normalized spacial score (nSPS) is 16.9. The second-order valence-corrected chi connectivity index (χ2v) is 7.98. The van der Waals surface area contributed by atoms with E-state index < -0.39 is 33.6 Å². The third kappa shape index (κ3) is 8.40. The van der Waals surface area contributed by atoms with Crippen LogP contribution in [0.15, 0.2) is 0 Å². The average molecular weight is 344 g/mol. The molecule has 130 valence electrons. The van der Waals surface area contributed by atoms with Gasteiger partial charge in [-0.1, -0.05) is 19.3 Å². The van der Waals surface area contributed by atoms with Gasteiger partial charge in [-0.2, -0.15) is 5.26 Å². The molecule has 1 unspecified atom stereocenters. The van der Waals surface area contributed by atoms with Gasteiger partial charge in [-0.05, 0) is 12.8 Å². The number of urea groups is 1. The maximum absolute atomic E-state index is 12.0. The highest BCUT2D eigenvalue weighted by molar-refractivity contribution is 7.90. The molecular formula is C14H24N4O4S. The fourth-order valence-corrected chi connectivity index (χ4v) is 3.32. The topological polar surface area (TPSA) is 128 Å². The summed E-state index contributed by atoms with van der Waals surface area (Å²) in [5, 5.41) is 16.1. The molecule has 8 nitrogen and oxygen atoms in total. The van der Waals surface area contributed by atoms with Crippen LogP contribution in [0.1, 0.15) is 38.5 Å². The Balaban J connectivity index is 2.58. The quantitative estimate of drug-likeness (QED) is 0.563. The fraction of sp³-hybridized carbons (Fsp3) is 0.786. The van der Waals surface area contributed by atoms with Gasteiger partial charge in [0.15, 0.2) is 0 Å². The highest BCUT2D eigenvalue weighted by Gasteiger charge is 2.26. The van der Waals surface area contributed by atoms with Gasteiger partial charge in [-0.15, -0.1) is 0 Å². The number of rotatable bonds is 7. The molecule has 1 saturated carbocycles.